The highest BCUT2D eigenvalue weighted by Gasteiger charge is 2.08. The van der Waals surface area contributed by atoms with Gasteiger partial charge in [0.15, 0.2) is 0 Å². The van der Waals surface area contributed by atoms with E-state index in [1.807, 2.05) is 6.92 Å². The van der Waals surface area contributed by atoms with Gasteiger partial charge in [0.2, 0.25) is 5.28 Å². The molecule has 2 heterocycles. The van der Waals surface area contributed by atoms with Crippen LogP contribution in [-0.2, 0) is 0 Å². The Morgan fingerprint density at radius 3 is 2.88 bits per heavy atom. The summed E-state index contributed by atoms with van der Waals surface area (Å²) in [5.74, 6) is 0.314. The molecular formula is C8H7BrClN5O. The molecule has 0 aliphatic carbocycles. The Morgan fingerprint density at radius 1 is 1.44 bits per heavy atom. The van der Waals surface area contributed by atoms with Crippen LogP contribution in [0.2, 0.25) is 5.28 Å². The maximum Gasteiger partial charge on any atom is 0.322 e. The Labute approximate surface area is 105 Å². The number of hydrogen-bond acceptors (Lipinski definition) is 5. The number of rotatable bonds is 3. The Balaban J connectivity index is 2.40. The fourth-order valence-corrected chi connectivity index (χ4v) is 1.46. The van der Waals surface area contributed by atoms with Gasteiger partial charge in [0, 0.05) is 6.20 Å². The fourth-order valence-electron chi connectivity index (χ4n) is 1.03. The molecular weight excluding hydrogens is 297 g/mol. The molecule has 0 bridgehead atoms. The maximum absolute atomic E-state index is 5.75. The van der Waals surface area contributed by atoms with Gasteiger partial charge in [-0.25, -0.2) is 4.68 Å². The molecule has 0 N–H and O–H groups in total. The lowest BCUT2D eigenvalue weighted by Crippen LogP contribution is -2.06. The predicted octanol–water partition coefficient (Wildman–Crippen LogP) is 1.87. The van der Waals surface area contributed by atoms with Crippen LogP contribution >= 0.6 is 27.5 Å². The van der Waals surface area contributed by atoms with E-state index in [1.165, 1.54) is 4.68 Å². The second kappa shape index (κ2) is 4.75. The van der Waals surface area contributed by atoms with Crippen molar-refractivity contribution in [3.63, 3.8) is 0 Å². The van der Waals surface area contributed by atoms with E-state index in [-0.39, 0.29) is 11.3 Å². The predicted molar refractivity (Wildman–Crippen MR) is 60.8 cm³/mol. The van der Waals surface area contributed by atoms with E-state index in [0.717, 1.165) is 4.47 Å². The zero-order valence-electron chi connectivity index (χ0n) is 8.26. The highest BCUT2D eigenvalue weighted by molar-refractivity contribution is 9.10. The molecule has 0 atom stereocenters. The summed E-state index contributed by atoms with van der Waals surface area (Å²) in [7, 11) is 0. The SMILES string of the molecule is CCOc1nc(Cl)nc(-n2cc(Br)cn2)n1. The van der Waals surface area contributed by atoms with E-state index in [9.17, 15) is 0 Å². The van der Waals surface area contributed by atoms with Crippen molar-refractivity contribution in [2.45, 2.75) is 6.92 Å². The zero-order valence-corrected chi connectivity index (χ0v) is 10.6. The quantitative estimate of drug-likeness (QED) is 0.866. The van der Waals surface area contributed by atoms with Crippen molar-refractivity contribution in [3.8, 4) is 12.0 Å². The first-order valence-corrected chi connectivity index (χ1v) is 5.61. The van der Waals surface area contributed by atoms with Gasteiger partial charge in [-0.2, -0.15) is 20.1 Å². The Bertz CT molecular complexity index is 503. The normalized spacial score (nSPS) is 10.4. The summed E-state index contributed by atoms with van der Waals surface area (Å²) in [6, 6.07) is 0.184. The number of ether oxygens (including phenoxy) is 1. The van der Waals surface area contributed by atoms with Crippen molar-refractivity contribution in [1.82, 2.24) is 24.7 Å². The van der Waals surface area contributed by atoms with Crippen molar-refractivity contribution in [3.05, 3.63) is 22.1 Å². The van der Waals surface area contributed by atoms with Crippen LogP contribution in [0.1, 0.15) is 6.92 Å². The summed E-state index contributed by atoms with van der Waals surface area (Å²) in [5.41, 5.74) is 0. The summed E-state index contributed by atoms with van der Waals surface area (Å²) >= 11 is 9.03. The maximum atomic E-state index is 5.75. The lowest BCUT2D eigenvalue weighted by Gasteiger charge is -2.03. The van der Waals surface area contributed by atoms with E-state index in [2.05, 4.69) is 36.0 Å². The molecule has 0 unspecified atom stereocenters. The molecule has 0 radical (unpaired) electrons. The molecule has 16 heavy (non-hydrogen) atoms. The topological polar surface area (TPSA) is 65.7 Å². The summed E-state index contributed by atoms with van der Waals surface area (Å²) in [6.07, 6.45) is 3.33. The van der Waals surface area contributed by atoms with Gasteiger partial charge in [-0.3, -0.25) is 0 Å². The molecule has 0 aliphatic rings. The van der Waals surface area contributed by atoms with Gasteiger partial charge in [0.05, 0.1) is 17.3 Å². The van der Waals surface area contributed by atoms with Crippen LogP contribution in [0.3, 0.4) is 0 Å². The molecule has 0 amide bonds. The molecule has 8 heteroatoms. The van der Waals surface area contributed by atoms with Crippen LogP contribution in [0.15, 0.2) is 16.9 Å². The fraction of sp³-hybridized carbons (Fsp3) is 0.250. The van der Waals surface area contributed by atoms with Crippen LogP contribution in [0.4, 0.5) is 0 Å². The first-order valence-electron chi connectivity index (χ1n) is 4.44. The average molecular weight is 305 g/mol. The van der Waals surface area contributed by atoms with Gasteiger partial charge in [-0.15, -0.1) is 0 Å². The number of halogens is 2. The third-order valence-electron chi connectivity index (χ3n) is 1.61. The summed E-state index contributed by atoms with van der Waals surface area (Å²) < 4.78 is 7.45. The van der Waals surface area contributed by atoms with Crippen LogP contribution in [-0.4, -0.2) is 31.3 Å². The molecule has 0 saturated heterocycles. The molecule has 84 valence electrons. The second-order valence-electron chi connectivity index (χ2n) is 2.72. The van der Waals surface area contributed by atoms with E-state index in [0.29, 0.717) is 12.6 Å². The van der Waals surface area contributed by atoms with E-state index in [1.54, 1.807) is 12.4 Å². The minimum atomic E-state index is 0.0695. The van der Waals surface area contributed by atoms with Crippen LogP contribution in [0.5, 0.6) is 6.01 Å². The van der Waals surface area contributed by atoms with Gasteiger partial charge in [-0.05, 0) is 34.5 Å². The van der Waals surface area contributed by atoms with Crippen LogP contribution in [0.25, 0.3) is 5.95 Å². The molecule has 6 nitrogen and oxygen atoms in total. The number of hydrogen-bond donors (Lipinski definition) is 0. The van der Waals surface area contributed by atoms with Crippen molar-refractivity contribution in [1.29, 1.82) is 0 Å². The van der Waals surface area contributed by atoms with Crippen molar-refractivity contribution in [2.75, 3.05) is 6.61 Å². The van der Waals surface area contributed by atoms with Crippen molar-refractivity contribution < 1.29 is 4.74 Å². The van der Waals surface area contributed by atoms with Crippen LogP contribution in [0, 0.1) is 0 Å². The molecule has 0 saturated carbocycles. The molecule has 0 aliphatic heterocycles. The van der Waals surface area contributed by atoms with E-state index in [4.69, 9.17) is 16.3 Å². The van der Waals surface area contributed by atoms with E-state index >= 15 is 0 Å². The molecule has 0 spiro atoms. The number of nitrogens with zero attached hydrogens (tertiary/aromatic N) is 5. The van der Waals surface area contributed by atoms with Crippen LogP contribution < -0.4 is 4.74 Å². The molecule has 2 aromatic rings. The van der Waals surface area contributed by atoms with Crippen molar-refractivity contribution >= 4 is 27.5 Å². The van der Waals surface area contributed by atoms with E-state index < -0.39 is 0 Å². The first-order chi connectivity index (χ1) is 7.69. The van der Waals surface area contributed by atoms with Gasteiger partial charge in [0.1, 0.15) is 0 Å². The Morgan fingerprint density at radius 2 is 2.25 bits per heavy atom. The molecule has 0 fully saturated rings. The summed E-state index contributed by atoms with van der Waals surface area (Å²) in [4.78, 5) is 11.8. The minimum Gasteiger partial charge on any atom is -0.464 e. The number of aromatic nitrogens is 5. The van der Waals surface area contributed by atoms with Gasteiger partial charge >= 0.3 is 6.01 Å². The lowest BCUT2D eigenvalue weighted by atomic mass is 10.7. The Kier molecular flexibility index (Phi) is 3.35. The largest absolute Gasteiger partial charge is 0.464 e. The zero-order chi connectivity index (χ0) is 11.5. The molecule has 2 aromatic heterocycles. The van der Waals surface area contributed by atoms with Crippen molar-refractivity contribution in [2.24, 2.45) is 0 Å². The lowest BCUT2D eigenvalue weighted by molar-refractivity contribution is 0.310. The van der Waals surface area contributed by atoms with Gasteiger partial charge in [-0.1, -0.05) is 0 Å². The van der Waals surface area contributed by atoms with Gasteiger partial charge in [0.25, 0.3) is 5.95 Å². The second-order valence-corrected chi connectivity index (χ2v) is 3.98. The highest BCUT2D eigenvalue weighted by Crippen LogP contribution is 2.13. The third kappa shape index (κ3) is 2.48. The summed E-state index contributed by atoms with van der Waals surface area (Å²) in [5, 5.41) is 4.10. The monoisotopic (exact) mass is 303 g/mol. The summed E-state index contributed by atoms with van der Waals surface area (Å²) in [6.45, 7) is 2.30. The Hall–Kier alpha value is -1.21. The standard InChI is InChI=1S/C8H7BrClN5O/c1-2-16-8-13-6(10)12-7(14-8)15-4-5(9)3-11-15/h3-4H,2H2,1H3. The average Bonchev–Trinajstić information content (AvgIpc) is 2.64. The van der Waals surface area contributed by atoms with Gasteiger partial charge < -0.3 is 4.74 Å². The third-order valence-corrected chi connectivity index (χ3v) is 2.18. The smallest absolute Gasteiger partial charge is 0.322 e. The molecule has 0 aromatic carbocycles. The highest BCUT2D eigenvalue weighted by atomic mass is 79.9. The minimum absolute atomic E-state index is 0.0695. The molecule has 2 rings (SSSR count). The first kappa shape index (κ1) is 11.3.